The van der Waals surface area contributed by atoms with E-state index < -0.39 is 6.10 Å². The van der Waals surface area contributed by atoms with Crippen LogP contribution in [-0.2, 0) is 4.79 Å². The molecule has 0 saturated heterocycles. The topological polar surface area (TPSA) is 37.3 Å². The molecule has 0 saturated carbocycles. The van der Waals surface area contributed by atoms with Crippen LogP contribution in [0.2, 0.25) is 0 Å². The highest BCUT2D eigenvalue weighted by Crippen LogP contribution is 2.39. The van der Waals surface area contributed by atoms with E-state index in [1.165, 1.54) is 33.4 Å². The molecule has 0 radical (unpaired) electrons. The van der Waals surface area contributed by atoms with Crippen molar-refractivity contribution in [2.75, 3.05) is 0 Å². The second-order valence-electron chi connectivity index (χ2n) is 12.2. The van der Waals surface area contributed by atoms with Gasteiger partial charge in [-0.1, -0.05) is 133 Å². The van der Waals surface area contributed by atoms with Gasteiger partial charge in [-0.15, -0.1) is 0 Å². The highest BCUT2D eigenvalue weighted by molar-refractivity contribution is 6.00. The number of aliphatic hydroxyl groups excluding tert-OH is 1. The largest absolute Gasteiger partial charge is 0.385 e. The molecule has 0 aliphatic heterocycles. The van der Waals surface area contributed by atoms with Crippen LogP contribution >= 0.6 is 0 Å². The molecular weight excluding hydrogens is 512 g/mol. The van der Waals surface area contributed by atoms with E-state index in [9.17, 15) is 9.90 Å². The molecule has 0 bridgehead atoms. The first-order chi connectivity index (χ1) is 19.7. The second-order valence-corrected chi connectivity index (χ2v) is 12.2. The number of aliphatic hydroxyl groups is 1. The average molecular weight is 563 g/mol. The number of rotatable bonds is 10. The minimum atomic E-state index is -0.894. The summed E-state index contributed by atoms with van der Waals surface area (Å²) >= 11 is 0. The fourth-order valence-corrected chi connectivity index (χ4v) is 4.93. The smallest absolute Gasteiger partial charge is 0.187 e. The van der Waals surface area contributed by atoms with Gasteiger partial charge in [0.2, 0.25) is 0 Å². The minimum Gasteiger partial charge on any atom is -0.385 e. The molecule has 1 aliphatic carbocycles. The quantitative estimate of drug-likeness (QED) is 0.288. The molecule has 0 heterocycles. The third-order valence-electron chi connectivity index (χ3n) is 7.80. The third-order valence-corrected chi connectivity index (χ3v) is 7.80. The number of Topliss-reactive ketones (excluding diaryl/α,β-unsaturated/α-hetero) is 1. The Bertz CT molecular complexity index is 1450. The molecule has 1 N–H and O–H groups in total. The number of aryl methyl sites for hydroxylation is 2. The molecule has 2 heteroatoms. The van der Waals surface area contributed by atoms with Gasteiger partial charge in [0.25, 0.3) is 0 Å². The van der Waals surface area contributed by atoms with Crippen molar-refractivity contribution in [2.45, 2.75) is 81.8 Å². The van der Waals surface area contributed by atoms with Crippen LogP contribution < -0.4 is 0 Å². The van der Waals surface area contributed by atoms with Gasteiger partial charge in [-0.05, 0) is 101 Å². The van der Waals surface area contributed by atoms with Crippen LogP contribution in [0, 0.1) is 26.2 Å². The number of hydrogen-bond donors (Lipinski definition) is 1. The van der Waals surface area contributed by atoms with Gasteiger partial charge in [-0.3, -0.25) is 4.79 Å². The maximum absolute atomic E-state index is 12.2. The van der Waals surface area contributed by atoms with Crippen LogP contribution in [0.1, 0.15) is 77.1 Å². The van der Waals surface area contributed by atoms with Crippen molar-refractivity contribution >= 4 is 11.9 Å². The van der Waals surface area contributed by atoms with E-state index in [4.69, 9.17) is 0 Å². The zero-order valence-electron chi connectivity index (χ0n) is 27.4. The van der Waals surface area contributed by atoms with Crippen molar-refractivity contribution in [3.63, 3.8) is 0 Å². The Hall–Kier alpha value is -3.75. The number of hydrogen-bond acceptors (Lipinski definition) is 2. The molecule has 0 fully saturated rings. The highest BCUT2D eigenvalue weighted by Gasteiger charge is 2.36. The van der Waals surface area contributed by atoms with Crippen molar-refractivity contribution in [3.05, 3.63) is 147 Å². The molecule has 42 heavy (non-hydrogen) atoms. The summed E-state index contributed by atoms with van der Waals surface area (Å²) in [6, 6.07) is 4.37. The number of carbonyl (C=O) groups excluding carboxylic acids is 1. The van der Waals surface area contributed by atoms with Crippen molar-refractivity contribution < 1.29 is 9.90 Å². The molecule has 1 aliphatic rings. The van der Waals surface area contributed by atoms with Crippen molar-refractivity contribution in [3.8, 4) is 0 Å². The maximum Gasteiger partial charge on any atom is 0.187 e. The lowest BCUT2D eigenvalue weighted by Crippen LogP contribution is -2.35. The number of allylic oxidation sites excluding steroid dienone is 18. The standard InChI is InChI=1S/C40H50O2/c1-28(17-13-19-30(3)21-25-36-33(6)24-23-32(5)34(36)7)15-11-12-16-29(2)18-14-20-31(4)22-26-37-35(8)39(42)38(41)27-40(37,9)10/h11-26,38,41H,27H2,1-10H3/b12-11+,17-13+,18-14+,25-21+,26-22+,28-15+,29-16+,30-19+,31-20+/t38-/m0/s1. The first kappa shape index (κ1) is 34.5. The van der Waals surface area contributed by atoms with Crippen LogP contribution in [0.3, 0.4) is 0 Å². The monoisotopic (exact) mass is 562 g/mol. The summed E-state index contributed by atoms with van der Waals surface area (Å²) in [6.07, 6.45) is 28.8. The molecule has 222 valence electrons. The minimum absolute atomic E-state index is 0.163. The predicted molar refractivity (Wildman–Crippen MR) is 183 cm³/mol. The van der Waals surface area contributed by atoms with Crippen LogP contribution in [0.25, 0.3) is 6.08 Å². The molecule has 1 aromatic rings. The molecule has 0 unspecified atom stereocenters. The lowest BCUT2D eigenvalue weighted by Gasteiger charge is -2.34. The lowest BCUT2D eigenvalue weighted by atomic mass is 9.71. The van der Waals surface area contributed by atoms with E-state index in [0.717, 1.165) is 16.7 Å². The summed E-state index contributed by atoms with van der Waals surface area (Å²) in [4.78, 5) is 12.2. The van der Waals surface area contributed by atoms with Crippen molar-refractivity contribution in [2.24, 2.45) is 5.41 Å². The van der Waals surface area contributed by atoms with Crippen LogP contribution in [0.15, 0.2) is 125 Å². The third kappa shape index (κ3) is 10.6. The van der Waals surface area contributed by atoms with Gasteiger partial charge in [0, 0.05) is 0 Å². The summed E-state index contributed by atoms with van der Waals surface area (Å²) in [7, 11) is 0. The average Bonchev–Trinajstić information content (AvgIpc) is 2.91. The van der Waals surface area contributed by atoms with Crippen LogP contribution in [0.4, 0.5) is 0 Å². The summed E-state index contributed by atoms with van der Waals surface area (Å²) < 4.78 is 0. The van der Waals surface area contributed by atoms with Gasteiger partial charge in [-0.25, -0.2) is 0 Å². The van der Waals surface area contributed by atoms with E-state index in [2.05, 4.69) is 134 Å². The van der Waals surface area contributed by atoms with Gasteiger partial charge in [-0.2, -0.15) is 0 Å². The Labute approximate surface area is 255 Å². The molecule has 2 rings (SSSR count). The van der Waals surface area contributed by atoms with Gasteiger partial charge < -0.3 is 5.11 Å². The Morgan fingerprint density at radius 2 is 1.17 bits per heavy atom. The van der Waals surface area contributed by atoms with Crippen molar-refractivity contribution in [1.82, 2.24) is 0 Å². The van der Waals surface area contributed by atoms with Gasteiger partial charge in [0.15, 0.2) is 5.78 Å². The van der Waals surface area contributed by atoms with Gasteiger partial charge in [0.05, 0.1) is 0 Å². The van der Waals surface area contributed by atoms with Crippen LogP contribution in [-0.4, -0.2) is 17.0 Å². The SMILES string of the molecule is CC1=C(/C=C/C(C)=C/C=C/C(C)=C/C=C/C=C(C)/C=C/C=C(C)/C=C/c2c(C)ccc(C)c2C)C(C)(C)C[C@H](O)C1=O. The first-order valence-corrected chi connectivity index (χ1v) is 14.8. The maximum atomic E-state index is 12.2. The Kier molecular flexibility index (Phi) is 13.2. The van der Waals surface area contributed by atoms with Gasteiger partial charge >= 0.3 is 0 Å². The molecule has 0 spiro atoms. The predicted octanol–water partition coefficient (Wildman–Crippen LogP) is 10.3. The Morgan fingerprint density at radius 1 is 0.714 bits per heavy atom. The zero-order chi connectivity index (χ0) is 31.4. The fourth-order valence-electron chi connectivity index (χ4n) is 4.93. The molecule has 2 nitrogen and oxygen atoms in total. The fraction of sp³-hybridized carbons (Fsp3) is 0.325. The Balaban J connectivity index is 1.93. The van der Waals surface area contributed by atoms with E-state index in [1.54, 1.807) is 0 Å². The number of carbonyl (C=O) groups is 1. The molecular formula is C40H50O2. The van der Waals surface area contributed by atoms with Crippen molar-refractivity contribution in [1.29, 1.82) is 0 Å². The normalized spacial score (nSPS) is 19.7. The first-order valence-electron chi connectivity index (χ1n) is 14.8. The molecule has 0 aromatic heterocycles. The zero-order valence-corrected chi connectivity index (χ0v) is 27.4. The van der Waals surface area contributed by atoms with E-state index >= 15 is 0 Å². The summed E-state index contributed by atoms with van der Waals surface area (Å²) in [5, 5.41) is 10.0. The number of ketones is 1. The Morgan fingerprint density at radius 3 is 1.71 bits per heavy atom. The summed E-state index contributed by atoms with van der Waals surface area (Å²) in [5.74, 6) is -0.163. The van der Waals surface area contributed by atoms with Crippen LogP contribution in [0.5, 0.6) is 0 Å². The van der Waals surface area contributed by atoms with Gasteiger partial charge in [0.1, 0.15) is 6.10 Å². The number of benzene rings is 1. The second kappa shape index (κ2) is 16.0. The van der Waals surface area contributed by atoms with E-state index in [-0.39, 0.29) is 11.2 Å². The summed E-state index contributed by atoms with van der Waals surface area (Å²) in [5.41, 5.74) is 11.3. The van der Waals surface area contributed by atoms with E-state index in [1.807, 2.05) is 32.1 Å². The highest BCUT2D eigenvalue weighted by atomic mass is 16.3. The molecule has 0 amide bonds. The van der Waals surface area contributed by atoms with E-state index in [0.29, 0.717) is 12.0 Å². The summed E-state index contributed by atoms with van der Waals surface area (Å²) in [6.45, 7) is 20.8. The lowest BCUT2D eigenvalue weighted by molar-refractivity contribution is -0.125. The molecule has 1 aromatic carbocycles. The molecule has 1 atom stereocenters.